The summed E-state index contributed by atoms with van der Waals surface area (Å²) >= 11 is 6.19. The van der Waals surface area contributed by atoms with Gasteiger partial charge < -0.3 is 14.5 Å². The molecule has 2 atom stereocenters. The van der Waals surface area contributed by atoms with Gasteiger partial charge in [-0.05, 0) is 37.1 Å². The Kier molecular flexibility index (Phi) is 4.65. The number of rotatable bonds is 1. The topological polar surface area (TPSA) is 32.8 Å². The number of alkyl halides is 3. The predicted octanol–water partition coefficient (Wildman–Crippen LogP) is 5.18. The number of amides is 1. The average Bonchev–Trinajstić information content (AvgIpc) is 2.80. The van der Waals surface area contributed by atoms with Crippen LogP contribution in [0.2, 0.25) is 5.02 Å². The number of halogens is 4. The van der Waals surface area contributed by atoms with Crippen molar-refractivity contribution in [1.29, 1.82) is 0 Å². The van der Waals surface area contributed by atoms with Crippen molar-refractivity contribution in [1.82, 2.24) is 4.90 Å². The maximum Gasteiger partial charge on any atom is 0.471 e. The van der Waals surface area contributed by atoms with E-state index in [4.69, 9.17) is 16.3 Å². The van der Waals surface area contributed by atoms with Gasteiger partial charge in [0.2, 0.25) is 0 Å². The van der Waals surface area contributed by atoms with Crippen LogP contribution in [0.3, 0.4) is 0 Å². The van der Waals surface area contributed by atoms with Crippen molar-refractivity contribution in [3.8, 4) is 11.5 Å². The second kappa shape index (κ2) is 6.88. The number of piperidine rings is 1. The SMILES string of the molecule is CN(C(=O)C(F)(F)F)[C@H]1CCCN2c3cc(Cl)ccc3Oc3ccccc3[C@@H]12. The lowest BCUT2D eigenvalue weighted by atomic mass is 9.88. The molecule has 2 aliphatic rings. The number of hydrogen-bond donors (Lipinski definition) is 0. The summed E-state index contributed by atoms with van der Waals surface area (Å²) in [7, 11) is 1.22. The van der Waals surface area contributed by atoms with E-state index in [2.05, 4.69) is 0 Å². The zero-order chi connectivity index (χ0) is 20.1. The molecule has 0 unspecified atom stereocenters. The summed E-state index contributed by atoms with van der Waals surface area (Å²) in [5, 5.41) is 0.508. The standard InChI is InChI=1S/C20H18ClF3N2O2/c1-25(19(27)20(22,23)24)14-6-4-10-26-15-11-12(21)8-9-17(15)28-16-7-3-2-5-13(16)18(14)26/h2-3,5,7-9,11,14,18H,4,6,10H2,1H3/t14-,18-/m0/s1. The lowest BCUT2D eigenvalue weighted by Crippen LogP contribution is -2.53. The van der Waals surface area contributed by atoms with Crippen LogP contribution in [0.15, 0.2) is 42.5 Å². The lowest BCUT2D eigenvalue weighted by Gasteiger charge is -2.45. The van der Waals surface area contributed by atoms with Crippen molar-refractivity contribution in [3.05, 3.63) is 53.1 Å². The molecular weight excluding hydrogens is 393 g/mol. The first-order chi connectivity index (χ1) is 13.3. The van der Waals surface area contributed by atoms with Crippen LogP contribution in [-0.4, -0.2) is 36.6 Å². The largest absolute Gasteiger partial charge is 0.471 e. The average molecular weight is 411 g/mol. The van der Waals surface area contributed by atoms with Gasteiger partial charge in [-0.3, -0.25) is 4.79 Å². The Hall–Kier alpha value is -2.41. The van der Waals surface area contributed by atoms with E-state index in [9.17, 15) is 18.0 Å². The van der Waals surface area contributed by atoms with Gasteiger partial charge in [0.1, 0.15) is 5.75 Å². The molecule has 148 valence electrons. The quantitative estimate of drug-likeness (QED) is 0.649. The van der Waals surface area contributed by atoms with E-state index in [0.717, 1.165) is 10.5 Å². The third-order valence-corrected chi connectivity index (χ3v) is 5.58. The molecule has 2 heterocycles. The lowest BCUT2D eigenvalue weighted by molar-refractivity contribution is -0.187. The second-order valence-electron chi connectivity index (χ2n) is 7.01. The van der Waals surface area contributed by atoms with Gasteiger partial charge in [-0.1, -0.05) is 29.8 Å². The maximum absolute atomic E-state index is 13.1. The fourth-order valence-electron chi connectivity index (χ4n) is 4.11. The summed E-state index contributed by atoms with van der Waals surface area (Å²) in [4.78, 5) is 14.8. The zero-order valence-corrected chi connectivity index (χ0v) is 15.8. The van der Waals surface area contributed by atoms with Crippen molar-refractivity contribution >= 4 is 23.2 Å². The summed E-state index contributed by atoms with van der Waals surface area (Å²) < 4.78 is 45.4. The number of fused-ring (bicyclic) bond motifs is 5. The van der Waals surface area contributed by atoms with Crippen molar-refractivity contribution in [2.45, 2.75) is 31.1 Å². The molecule has 1 amide bonds. The minimum absolute atomic E-state index is 0.462. The predicted molar refractivity (Wildman–Crippen MR) is 99.9 cm³/mol. The Morgan fingerprint density at radius 3 is 2.71 bits per heavy atom. The highest BCUT2D eigenvalue weighted by atomic mass is 35.5. The first-order valence-corrected chi connectivity index (χ1v) is 9.32. The van der Waals surface area contributed by atoms with E-state index >= 15 is 0 Å². The first-order valence-electron chi connectivity index (χ1n) is 8.94. The smallest absolute Gasteiger partial charge is 0.455 e. The van der Waals surface area contributed by atoms with Crippen LogP contribution in [0.4, 0.5) is 18.9 Å². The molecule has 0 aliphatic carbocycles. The molecule has 2 aromatic carbocycles. The number of nitrogens with zero attached hydrogens (tertiary/aromatic N) is 2. The summed E-state index contributed by atoms with van der Waals surface area (Å²) in [5.41, 5.74) is 1.47. The van der Waals surface area contributed by atoms with Gasteiger partial charge in [-0.15, -0.1) is 0 Å². The second-order valence-corrected chi connectivity index (χ2v) is 7.45. The molecule has 0 radical (unpaired) electrons. The van der Waals surface area contributed by atoms with Crippen LogP contribution < -0.4 is 9.64 Å². The Morgan fingerprint density at radius 1 is 1.21 bits per heavy atom. The van der Waals surface area contributed by atoms with Crippen molar-refractivity contribution < 1.29 is 22.7 Å². The number of carbonyl (C=O) groups excluding carboxylic acids is 1. The van der Waals surface area contributed by atoms with E-state index in [1.165, 1.54) is 7.05 Å². The molecule has 2 aromatic rings. The molecule has 1 fully saturated rings. The Balaban J connectivity index is 1.85. The van der Waals surface area contributed by atoms with Gasteiger partial charge in [0.15, 0.2) is 5.75 Å². The number of carbonyl (C=O) groups is 1. The van der Waals surface area contributed by atoms with Gasteiger partial charge in [-0.25, -0.2) is 0 Å². The summed E-state index contributed by atoms with van der Waals surface area (Å²) in [6, 6.07) is 11.4. The third kappa shape index (κ3) is 3.17. The van der Waals surface area contributed by atoms with E-state index in [0.29, 0.717) is 41.6 Å². The Bertz CT molecular complexity index is 919. The number of hydrogen-bond acceptors (Lipinski definition) is 3. The van der Waals surface area contributed by atoms with Crippen molar-refractivity contribution in [2.24, 2.45) is 0 Å². The molecule has 4 rings (SSSR count). The van der Waals surface area contributed by atoms with Crippen LogP contribution in [-0.2, 0) is 4.79 Å². The van der Waals surface area contributed by atoms with Crippen LogP contribution in [0.1, 0.15) is 24.4 Å². The highest BCUT2D eigenvalue weighted by molar-refractivity contribution is 6.31. The molecule has 0 saturated carbocycles. The van der Waals surface area contributed by atoms with E-state index < -0.39 is 24.2 Å². The van der Waals surface area contributed by atoms with Crippen molar-refractivity contribution in [2.75, 3.05) is 18.5 Å². The van der Waals surface area contributed by atoms with Crippen LogP contribution in [0, 0.1) is 0 Å². The molecule has 0 N–H and O–H groups in total. The highest BCUT2D eigenvalue weighted by Gasteiger charge is 2.47. The summed E-state index contributed by atoms with van der Waals surface area (Å²) in [5.74, 6) is -0.684. The van der Waals surface area contributed by atoms with E-state index in [-0.39, 0.29) is 0 Å². The van der Waals surface area contributed by atoms with Crippen molar-refractivity contribution in [3.63, 3.8) is 0 Å². The zero-order valence-electron chi connectivity index (χ0n) is 15.0. The molecule has 8 heteroatoms. The van der Waals surface area contributed by atoms with Gasteiger partial charge in [0, 0.05) is 24.2 Å². The molecule has 0 aromatic heterocycles. The maximum atomic E-state index is 13.1. The number of para-hydroxylation sites is 1. The molecule has 2 aliphatic heterocycles. The van der Waals surface area contributed by atoms with E-state index in [1.54, 1.807) is 24.3 Å². The molecule has 1 saturated heterocycles. The fourth-order valence-corrected chi connectivity index (χ4v) is 4.28. The minimum atomic E-state index is -4.92. The normalized spacial score (nSPS) is 21.0. The Morgan fingerprint density at radius 2 is 1.96 bits per heavy atom. The summed E-state index contributed by atoms with van der Waals surface area (Å²) in [6.45, 7) is 0.625. The number of benzene rings is 2. The molecule has 28 heavy (non-hydrogen) atoms. The minimum Gasteiger partial charge on any atom is -0.455 e. The Labute approximate surface area is 165 Å². The van der Waals surface area contributed by atoms with Crippen LogP contribution >= 0.6 is 11.6 Å². The first kappa shape index (κ1) is 18.9. The number of ether oxygens (including phenoxy) is 1. The number of likely N-dealkylation sites (N-methyl/N-ethyl adjacent to an activating group) is 1. The van der Waals surface area contributed by atoms with Gasteiger partial charge >= 0.3 is 12.1 Å². The molecular formula is C20H18ClF3N2O2. The van der Waals surface area contributed by atoms with Gasteiger partial charge in [0.05, 0.1) is 17.8 Å². The fraction of sp³-hybridized carbons (Fsp3) is 0.350. The molecule has 0 spiro atoms. The van der Waals surface area contributed by atoms with E-state index in [1.807, 2.05) is 23.1 Å². The third-order valence-electron chi connectivity index (χ3n) is 5.35. The van der Waals surface area contributed by atoms with Crippen LogP contribution in [0.5, 0.6) is 11.5 Å². The summed E-state index contributed by atoms with van der Waals surface area (Å²) in [6.07, 6.45) is -3.81. The number of anilines is 1. The van der Waals surface area contributed by atoms with Gasteiger partial charge in [0.25, 0.3) is 0 Å². The molecule has 0 bridgehead atoms. The molecule has 4 nitrogen and oxygen atoms in total. The van der Waals surface area contributed by atoms with Gasteiger partial charge in [-0.2, -0.15) is 13.2 Å². The monoisotopic (exact) mass is 410 g/mol. The highest BCUT2D eigenvalue weighted by Crippen LogP contribution is 2.49. The van der Waals surface area contributed by atoms with Crippen LogP contribution in [0.25, 0.3) is 0 Å².